The van der Waals surface area contributed by atoms with E-state index in [4.69, 9.17) is 30.7 Å². The predicted octanol–water partition coefficient (Wildman–Crippen LogP) is 3.66. The van der Waals surface area contributed by atoms with Gasteiger partial charge in [-0.25, -0.2) is 13.8 Å². The van der Waals surface area contributed by atoms with Crippen LogP contribution in [0.15, 0.2) is 47.4 Å². The van der Waals surface area contributed by atoms with Crippen LogP contribution in [0, 0.1) is 4.64 Å². The summed E-state index contributed by atoms with van der Waals surface area (Å²) in [7, 11) is -4.12. The van der Waals surface area contributed by atoms with Gasteiger partial charge in [0.1, 0.15) is 22.6 Å². The molecule has 186 valence electrons. The highest BCUT2D eigenvalue weighted by atomic mass is 32.1. The quantitative estimate of drug-likeness (QED) is 0.277. The number of nitrogens with zero attached hydrogens (tertiary/aromatic N) is 1. The number of halogens is 1. The monoisotopic (exact) mass is 515 g/mol. The normalized spacial score (nSPS) is 22.8. The molecule has 34 heavy (non-hydrogen) atoms. The molecule has 2 aromatic rings. The van der Waals surface area contributed by atoms with Crippen molar-refractivity contribution >= 4 is 25.9 Å². The van der Waals surface area contributed by atoms with Gasteiger partial charge in [-0.2, -0.15) is 5.09 Å². The Balaban J connectivity index is 1.71. The predicted molar refractivity (Wildman–Crippen MR) is 124 cm³/mol. The van der Waals surface area contributed by atoms with E-state index in [-0.39, 0.29) is 29.5 Å². The molecule has 1 aliphatic rings. The third kappa shape index (κ3) is 7.07. The van der Waals surface area contributed by atoms with Crippen LogP contribution in [0.4, 0.5) is 4.39 Å². The molecule has 3 rings (SSSR count). The summed E-state index contributed by atoms with van der Waals surface area (Å²) in [5.74, 6) is -0.403. The van der Waals surface area contributed by atoms with Crippen molar-refractivity contribution in [3.05, 3.63) is 57.7 Å². The number of esters is 1. The summed E-state index contributed by atoms with van der Waals surface area (Å²) in [5.41, 5.74) is -0.612. The van der Waals surface area contributed by atoms with Crippen LogP contribution in [-0.2, 0) is 23.4 Å². The Bertz CT molecular complexity index is 1140. The van der Waals surface area contributed by atoms with Crippen molar-refractivity contribution in [3.8, 4) is 5.75 Å². The molecule has 13 heteroatoms. The molecule has 1 saturated heterocycles. The lowest BCUT2D eigenvalue weighted by Crippen LogP contribution is -2.36. The summed E-state index contributed by atoms with van der Waals surface area (Å²) >= 11 is 4.89. The third-order valence-electron chi connectivity index (χ3n) is 4.71. The number of hydrogen-bond donors (Lipinski definition) is 2. The molecule has 5 atom stereocenters. The van der Waals surface area contributed by atoms with Crippen molar-refractivity contribution in [2.24, 2.45) is 0 Å². The Labute approximate surface area is 201 Å². The average Bonchev–Trinajstić information content (AvgIpc) is 3.13. The van der Waals surface area contributed by atoms with Crippen LogP contribution < -0.4 is 15.3 Å². The molecule has 2 unspecified atom stereocenters. The maximum absolute atomic E-state index is 14.7. The highest BCUT2D eigenvalue weighted by Crippen LogP contribution is 2.46. The Morgan fingerprint density at radius 3 is 2.68 bits per heavy atom. The molecular formula is C21H27FN3O7PS. The minimum absolute atomic E-state index is 0.108. The van der Waals surface area contributed by atoms with Crippen LogP contribution in [0.25, 0.3) is 0 Å². The minimum atomic E-state index is -4.12. The largest absolute Gasteiger partial charge is 0.462 e. The summed E-state index contributed by atoms with van der Waals surface area (Å²) in [6.45, 7) is 4.51. The molecule has 0 amide bonds. The zero-order valence-electron chi connectivity index (χ0n) is 18.9. The van der Waals surface area contributed by atoms with Crippen LogP contribution in [0.2, 0.25) is 0 Å². The van der Waals surface area contributed by atoms with Crippen LogP contribution in [0.3, 0.4) is 0 Å². The Morgan fingerprint density at radius 1 is 1.32 bits per heavy atom. The van der Waals surface area contributed by atoms with Crippen molar-refractivity contribution in [2.45, 2.75) is 57.8 Å². The molecule has 0 bridgehead atoms. The van der Waals surface area contributed by atoms with Crippen molar-refractivity contribution in [1.82, 2.24) is 14.6 Å². The topological polar surface area (TPSA) is 121 Å². The van der Waals surface area contributed by atoms with E-state index in [0.717, 1.165) is 4.57 Å². The van der Waals surface area contributed by atoms with Crippen molar-refractivity contribution in [2.75, 3.05) is 6.61 Å². The number of alkyl halides is 1. The fraction of sp³-hybridized carbons (Fsp3) is 0.476. The van der Waals surface area contributed by atoms with Crippen LogP contribution in [-0.4, -0.2) is 46.5 Å². The number of carbonyl (C=O) groups excluding carboxylic acids is 1. The number of nitrogens with one attached hydrogen (secondary N) is 2. The average molecular weight is 516 g/mol. The lowest BCUT2D eigenvalue weighted by atomic mass is 10.2. The van der Waals surface area contributed by atoms with Crippen molar-refractivity contribution in [3.63, 3.8) is 0 Å². The number of rotatable bonds is 10. The number of aromatic nitrogens is 2. The summed E-state index contributed by atoms with van der Waals surface area (Å²) in [5, 5.41) is 2.56. The number of para-hydroxylation sites is 1. The van der Waals surface area contributed by atoms with E-state index in [1.54, 1.807) is 44.2 Å². The fourth-order valence-corrected chi connectivity index (χ4v) is 4.87. The summed E-state index contributed by atoms with van der Waals surface area (Å²) in [4.78, 5) is 26.7. The number of ether oxygens (including phenoxy) is 2. The van der Waals surface area contributed by atoms with Crippen molar-refractivity contribution in [1.29, 1.82) is 0 Å². The Kier molecular flexibility index (Phi) is 8.78. The Hall–Kier alpha value is -2.37. The Morgan fingerprint density at radius 2 is 2.03 bits per heavy atom. The minimum Gasteiger partial charge on any atom is -0.462 e. The van der Waals surface area contributed by atoms with Gasteiger partial charge in [0.15, 0.2) is 6.23 Å². The summed E-state index contributed by atoms with van der Waals surface area (Å²) < 4.78 is 51.3. The molecule has 10 nitrogen and oxygen atoms in total. The molecule has 1 aromatic heterocycles. The molecule has 0 aliphatic carbocycles. The van der Waals surface area contributed by atoms with Crippen molar-refractivity contribution < 1.29 is 32.3 Å². The molecular weight excluding hydrogens is 488 g/mol. The van der Waals surface area contributed by atoms with Gasteiger partial charge in [-0.3, -0.25) is 18.9 Å². The van der Waals surface area contributed by atoms with Crippen LogP contribution in [0.5, 0.6) is 5.75 Å². The molecule has 1 fully saturated rings. The van der Waals surface area contributed by atoms with Gasteiger partial charge in [0.05, 0.1) is 18.8 Å². The van der Waals surface area contributed by atoms with E-state index in [0.29, 0.717) is 0 Å². The van der Waals surface area contributed by atoms with Gasteiger partial charge in [-0.05, 0) is 39.0 Å². The van der Waals surface area contributed by atoms with E-state index in [1.807, 2.05) is 0 Å². The molecule has 1 aliphatic heterocycles. The van der Waals surface area contributed by atoms with E-state index in [1.165, 1.54) is 19.2 Å². The van der Waals surface area contributed by atoms with Gasteiger partial charge in [0.2, 0.25) is 0 Å². The zero-order chi connectivity index (χ0) is 24.9. The standard InChI is InChI=1S/C21H27FN3O7PS/c1-13(2)30-20(26)14(3)24-33(28,32-15-7-5-4-6-8-15)29-12-16-11-17(22)19(31-16)25-10-9-18(34)23-21(25)27/h4-10,13-14,16-17,19H,11-12H2,1-3H3,(H,24,28)(H,23,27,34)/t14-,16-,17?,19+,33?/m0/s1. The summed E-state index contributed by atoms with van der Waals surface area (Å²) in [6, 6.07) is 8.67. The number of H-pyrrole nitrogens is 1. The van der Waals surface area contributed by atoms with Gasteiger partial charge < -0.3 is 14.0 Å². The second kappa shape index (κ2) is 11.4. The maximum Gasteiger partial charge on any atom is 0.459 e. The summed E-state index contributed by atoms with van der Waals surface area (Å²) in [6.07, 6.45) is -2.68. The third-order valence-corrected chi connectivity index (χ3v) is 6.59. The number of carbonyl (C=O) groups is 1. The first-order chi connectivity index (χ1) is 16.1. The second-order valence-electron chi connectivity index (χ2n) is 7.95. The first-order valence-electron chi connectivity index (χ1n) is 10.6. The molecule has 1 aromatic carbocycles. The second-order valence-corrected chi connectivity index (χ2v) is 10.1. The van der Waals surface area contributed by atoms with Crippen LogP contribution in [0.1, 0.15) is 33.4 Å². The highest BCUT2D eigenvalue weighted by molar-refractivity contribution is 7.71. The van der Waals surface area contributed by atoms with E-state index in [9.17, 15) is 18.5 Å². The van der Waals surface area contributed by atoms with E-state index >= 15 is 0 Å². The van der Waals surface area contributed by atoms with Crippen LogP contribution >= 0.6 is 20.0 Å². The highest BCUT2D eigenvalue weighted by Gasteiger charge is 2.40. The number of hydrogen-bond acceptors (Lipinski definition) is 8. The molecule has 0 saturated carbocycles. The lowest BCUT2D eigenvalue weighted by Gasteiger charge is -2.24. The van der Waals surface area contributed by atoms with Gasteiger partial charge >= 0.3 is 19.4 Å². The first-order valence-corrected chi connectivity index (χ1v) is 12.6. The van der Waals surface area contributed by atoms with Gasteiger partial charge in [-0.1, -0.05) is 30.4 Å². The number of aromatic amines is 1. The molecule has 0 radical (unpaired) electrons. The first kappa shape index (κ1) is 26.2. The smallest absolute Gasteiger partial charge is 0.459 e. The number of benzene rings is 1. The van der Waals surface area contributed by atoms with Gasteiger partial charge in [0.25, 0.3) is 0 Å². The van der Waals surface area contributed by atoms with E-state index < -0.39 is 44.0 Å². The lowest BCUT2D eigenvalue weighted by molar-refractivity contribution is -0.149. The van der Waals surface area contributed by atoms with Gasteiger partial charge in [0, 0.05) is 12.6 Å². The van der Waals surface area contributed by atoms with Gasteiger partial charge in [-0.15, -0.1) is 0 Å². The molecule has 0 spiro atoms. The maximum atomic E-state index is 14.7. The molecule has 2 N–H and O–H groups in total. The SMILES string of the molecule is CC(C)OC(=O)[C@H](C)NP(=O)(OC[C@@H]1CC(F)[C@H](n2ccc(=S)[nH]c2=O)O1)Oc1ccccc1. The zero-order valence-corrected chi connectivity index (χ0v) is 20.6. The molecule has 2 heterocycles. The van der Waals surface area contributed by atoms with E-state index in [2.05, 4.69) is 10.1 Å². The fourth-order valence-electron chi connectivity index (χ4n) is 3.20.